The Morgan fingerprint density at radius 2 is 2.23 bits per heavy atom. The van der Waals surface area contributed by atoms with Crippen molar-refractivity contribution in [2.45, 2.75) is 33.1 Å². The zero-order valence-corrected chi connectivity index (χ0v) is 9.18. The molecule has 0 aliphatic carbocycles. The van der Waals surface area contributed by atoms with Crippen LogP contribution in [0.5, 0.6) is 0 Å². The number of rotatable bonds is 5. The van der Waals surface area contributed by atoms with E-state index in [2.05, 4.69) is 24.1 Å². The van der Waals surface area contributed by atoms with Crippen molar-refractivity contribution >= 4 is 0 Å². The Morgan fingerprint density at radius 3 is 2.92 bits per heavy atom. The largest absolute Gasteiger partial charge is 0.315 e. The Hall–Kier alpha value is -0.0800. The lowest BCUT2D eigenvalue weighted by Gasteiger charge is -2.30. The van der Waals surface area contributed by atoms with Gasteiger partial charge in [0.1, 0.15) is 0 Å². The maximum Gasteiger partial charge on any atom is 0.0107 e. The molecule has 78 valence electrons. The minimum absolute atomic E-state index is 0.917. The zero-order chi connectivity index (χ0) is 9.52. The first-order valence-corrected chi connectivity index (χ1v) is 5.76. The first-order valence-electron chi connectivity index (χ1n) is 5.76. The highest BCUT2D eigenvalue weighted by molar-refractivity contribution is 4.70. The molecule has 0 aromatic rings. The van der Waals surface area contributed by atoms with Gasteiger partial charge in [0.05, 0.1) is 0 Å². The Bertz CT molecular complexity index is 125. The fourth-order valence-electron chi connectivity index (χ4n) is 2.03. The topological polar surface area (TPSA) is 15.3 Å². The smallest absolute Gasteiger partial charge is 0.0107 e. The monoisotopic (exact) mass is 184 g/mol. The van der Waals surface area contributed by atoms with Crippen LogP contribution in [0.3, 0.4) is 0 Å². The Kier molecular flexibility index (Phi) is 5.40. The van der Waals surface area contributed by atoms with Crippen LogP contribution in [0.15, 0.2) is 0 Å². The third-order valence-electron chi connectivity index (χ3n) is 2.77. The van der Waals surface area contributed by atoms with Crippen molar-refractivity contribution in [2.24, 2.45) is 5.92 Å². The van der Waals surface area contributed by atoms with Crippen molar-refractivity contribution in [3.05, 3.63) is 0 Å². The van der Waals surface area contributed by atoms with Gasteiger partial charge in [0.25, 0.3) is 0 Å². The molecule has 1 heterocycles. The van der Waals surface area contributed by atoms with Crippen molar-refractivity contribution in [3.8, 4) is 0 Å². The molecular formula is C11H24N2. The van der Waals surface area contributed by atoms with E-state index in [1.807, 2.05) is 0 Å². The van der Waals surface area contributed by atoms with Crippen LogP contribution >= 0.6 is 0 Å². The van der Waals surface area contributed by atoms with Gasteiger partial charge in [0, 0.05) is 19.6 Å². The predicted molar refractivity (Wildman–Crippen MR) is 58.0 cm³/mol. The van der Waals surface area contributed by atoms with E-state index in [0.29, 0.717) is 0 Å². The maximum atomic E-state index is 3.46. The van der Waals surface area contributed by atoms with Gasteiger partial charge in [-0.1, -0.05) is 13.8 Å². The van der Waals surface area contributed by atoms with Crippen molar-refractivity contribution in [2.75, 3.05) is 32.7 Å². The molecule has 1 saturated heterocycles. The maximum absolute atomic E-state index is 3.46. The quantitative estimate of drug-likeness (QED) is 0.654. The molecule has 1 atom stereocenters. The molecule has 13 heavy (non-hydrogen) atoms. The highest BCUT2D eigenvalue weighted by Crippen LogP contribution is 2.14. The normalized spacial score (nSPS) is 24.9. The molecule has 0 radical (unpaired) electrons. The molecule has 1 fully saturated rings. The summed E-state index contributed by atoms with van der Waals surface area (Å²) in [5.41, 5.74) is 0. The molecule has 0 saturated carbocycles. The molecular weight excluding hydrogens is 160 g/mol. The number of nitrogens with zero attached hydrogens (tertiary/aromatic N) is 1. The molecule has 0 aromatic carbocycles. The predicted octanol–water partition coefficient (Wildman–Crippen LogP) is 1.72. The first kappa shape index (κ1) is 11.0. The Morgan fingerprint density at radius 1 is 1.38 bits per heavy atom. The molecule has 0 spiro atoms. The summed E-state index contributed by atoms with van der Waals surface area (Å²) in [5, 5.41) is 3.46. The average Bonchev–Trinajstić information content (AvgIpc) is 2.13. The highest BCUT2D eigenvalue weighted by atomic mass is 15.1. The summed E-state index contributed by atoms with van der Waals surface area (Å²) in [6.45, 7) is 10.8. The Labute approximate surface area is 82.7 Å². The van der Waals surface area contributed by atoms with Gasteiger partial charge < -0.3 is 10.2 Å². The van der Waals surface area contributed by atoms with Crippen LogP contribution in [0.25, 0.3) is 0 Å². The first-order chi connectivity index (χ1) is 6.33. The van der Waals surface area contributed by atoms with Crippen LogP contribution in [0.2, 0.25) is 0 Å². The standard InChI is InChI=1S/C11H24N2/c1-3-6-12-7-9-13-8-4-5-11(2)10-13/h11-12H,3-10H2,1-2H3. The summed E-state index contributed by atoms with van der Waals surface area (Å²) in [7, 11) is 0. The summed E-state index contributed by atoms with van der Waals surface area (Å²) >= 11 is 0. The molecule has 2 heteroatoms. The third kappa shape index (κ3) is 4.63. The summed E-state index contributed by atoms with van der Waals surface area (Å²) in [6, 6.07) is 0. The second kappa shape index (κ2) is 6.39. The number of nitrogens with one attached hydrogen (secondary N) is 1. The van der Waals surface area contributed by atoms with E-state index in [1.54, 1.807) is 0 Å². The van der Waals surface area contributed by atoms with Crippen LogP contribution in [0.1, 0.15) is 33.1 Å². The van der Waals surface area contributed by atoms with Crippen LogP contribution < -0.4 is 5.32 Å². The van der Waals surface area contributed by atoms with Crippen LogP contribution in [-0.2, 0) is 0 Å². The van der Waals surface area contributed by atoms with E-state index >= 15 is 0 Å². The molecule has 2 nitrogen and oxygen atoms in total. The van der Waals surface area contributed by atoms with Gasteiger partial charge in [-0.25, -0.2) is 0 Å². The van der Waals surface area contributed by atoms with Gasteiger partial charge in [-0.05, 0) is 38.3 Å². The van der Waals surface area contributed by atoms with Crippen LogP contribution in [0, 0.1) is 5.92 Å². The molecule has 0 aromatic heterocycles. The lowest BCUT2D eigenvalue weighted by molar-refractivity contribution is 0.185. The average molecular weight is 184 g/mol. The number of hydrogen-bond acceptors (Lipinski definition) is 2. The van der Waals surface area contributed by atoms with Crippen LogP contribution in [0.4, 0.5) is 0 Å². The summed E-state index contributed by atoms with van der Waals surface area (Å²) in [4.78, 5) is 2.59. The molecule has 0 bridgehead atoms. The molecule has 1 N–H and O–H groups in total. The van der Waals surface area contributed by atoms with Gasteiger partial charge in [0.2, 0.25) is 0 Å². The lowest BCUT2D eigenvalue weighted by Crippen LogP contribution is -2.38. The minimum atomic E-state index is 0.917. The SMILES string of the molecule is CCCNCCN1CCCC(C)C1. The van der Waals surface area contributed by atoms with E-state index in [0.717, 1.165) is 5.92 Å². The van der Waals surface area contributed by atoms with E-state index in [1.165, 1.54) is 52.0 Å². The number of piperidine rings is 1. The Balaban J connectivity index is 2.00. The van der Waals surface area contributed by atoms with Crippen molar-refractivity contribution in [1.29, 1.82) is 0 Å². The van der Waals surface area contributed by atoms with E-state index in [-0.39, 0.29) is 0 Å². The second-order valence-electron chi connectivity index (χ2n) is 4.30. The number of likely N-dealkylation sites (tertiary alicyclic amines) is 1. The molecule has 1 unspecified atom stereocenters. The van der Waals surface area contributed by atoms with Gasteiger partial charge >= 0.3 is 0 Å². The summed E-state index contributed by atoms with van der Waals surface area (Å²) in [5.74, 6) is 0.917. The van der Waals surface area contributed by atoms with Gasteiger partial charge in [-0.3, -0.25) is 0 Å². The lowest BCUT2D eigenvalue weighted by atomic mass is 10.0. The fourth-order valence-corrected chi connectivity index (χ4v) is 2.03. The molecule has 1 aliphatic heterocycles. The second-order valence-corrected chi connectivity index (χ2v) is 4.30. The molecule has 0 amide bonds. The molecule has 1 rings (SSSR count). The zero-order valence-electron chi connectivity index (χ0n) is 9.18. The van der Waals surface area contributed by atoms with E-state index < -0.39 is 0 Å². The van der Waals surface area contributed by atoms with Gasteiger partial charge in [-0.15, -0.1) is 0 Å². The fraction of sp³-hybridized carbons (Fsp3) is 1.00. The van der Waals surface area contributed by atoms with Gasteiger partial charge in [0.15, 0.2) is 0 Å². The number of hydrogen-bond donors (Lipinski definition) is 1. The third-order valence-corrected chi connectivity index (χ3v) is 2.77. The minimum Gasteiger partial charge on any atom is -0.315 e. The molecule has 1 aliphatic rings. The van der Waals surface area contributed by atoms with Crippen molar-refractivity contribution < 1.29 is 0 Å². The summed E-state index contributed by atoms with van der Waals surface area (Å²) < 4.78 is 0. The summed E-state index contributed by atoms with van der Waals surface area (Å²) in [6.07, 6.45) is 4.07. The van der Waals surface area contributed by atoms with Crippen molar-refractivity contribution in [1.82, 2.24) is 10.2 Å². The van der Waals surface area contributed by atoms with Crippen molar-refractivity contribution in [3.63, 3.8) is 0 Å². The van der Waals surface area contributed by atoms with E-state index in [9.17, 15) is 0 Å². The van der Waals surface area contributed by atoms with Gasteiger partial charge in [-0.2, -0.15) is 0 Å². The van der Waals surface area contributed by atoms with Crippen LogP contribution in [-0.4, -0.2) is 37.6 Å². The van der Waals surface area contributed by atoms with E-state index in [4.69, 9.17) is 0 Å². The highest BCUT2D eigenvalue weighted by Gasteiger charge is 2.14.